The number of carboxylic acid groups (broad SMARTS) is 1. The fraction of sp³-hybridized carbons (Fsp3) is 0.433. The number of thioether (sulfide) groups is 2. The van der Waals surface area contributed by atoms with Gasteiger partial charge in [-0.15, -0.1) is 16.9 Å². The van der Waals surface area contributed by atoms with Crippen LogP contribution in [0.25, 0.3) is 0 Å². The molecule has 13 nitrogen and oxygen atoms in total. The number of tetrazole rings is 1. The van der Waals surface area contributed by atoms with Gasteiger partial charge in [-0.25, -0.2) is 9.48 Å². The van der Waals surface area contributed by atoms with Crippen molar-refractivity contribution in [1.29, 1.82) is 0 Å². The van der Waals surface area contributed by atoms with Crippen molar-refractivity contribution in [1.82, 2.24) is 30.4 Å². The molecule has 0 bridgehead atoms. The molecular formula is C30H34N6O7S2. The molecule has 238 valence electrons. The van der Waals surface area contributed by atoms with E-state index in [1.807, 2.05) is 12.2 Å². The van der Waals surface area contributed by atoms with Gasteiger partial charge >= 0.3 is 11.9 Å². The Morgan fingerprint density at radius 2 is 2.02 bits per heavy atom. The summed E-state index contributed by atoms with van der Waals surface area (Å²) in [6.45, 7) is 2.02. The largest absolute Gasteiger partial charge is 0.497 e. The number of nitrogens with zero attached hydrogens (tertiary/aromatic N) is 5. The molecule has 5 rings (SSSR count). The third kappa shape index (κ3) is 7.09. The van der Waals surface area contributed by atoms with Crippen molar-refractivity contribution in [3.63, 3.8) is 0 Å². The number of nitrogens with one attached hydrogen (secondary N) is 1. The molecule has 1 aromatic carbocycles. The molecule has 0 spiro atoms. The van der Waals surface area contributed by atoms with Crippen LogP contribution in [0.4, 0.5) is 0 Å². The molecule has 4 unspecified atom stereocenters. The highest BCUT2D eigenvalue weighted by Crippen LogP contribution is 2.42. The number of ether oxygens (including phenoxy) is 2. The van der Waals surface area contributed by atoms with Crippen LogP contribution in [0.3, 0.4) is 0 Å². The summed E-state index contributed by atoms with van der Waals surface area (Å²) in [6, 6.07) is 6.06. The van der Waals surface area contributed by atoms with E-state index in [2.05, 4.69) is 33.8 Å². The van der Waals surface area contributed by atoms with E-state index in [1.54, 1.807) is 38.4 Å². The number of esters is 1. The number of rotatable bonds is 13. The molecule has 1 fully saturated rings. The first-order valence-corrected chi connectivity index (χ1v) is 16.5. The fourth-order valence-electron chi connectivity index (χ4n) is 5.42. The highest BCUT2D eigenvalue weighted by Gasteiger charge is 2.55. The molecule has 2 aliphatic heterocycles. The molecule has 2 amide bonds. The van der Waals surface area contributed by atoms with Gasteiger partial charge in [0.05, 0.1) is 7.11 Å². The smallest absolute Gasteiger partial charge is 0.352 e. The maximum absolute atomic E-state index is 13.8. The Bertz CT molecular complexity index is 1550. The number of fused-ring (bicyclic) bond motifs is 1. The Morgan fingerprint density at radius 3 is 2.69 bits per heavy atom. The van der Waals surface area contributed by atoms with Crippen LogP contribution in [0, 0.1) is 11.8 Å². The van der Waals surface area contributed by atoms with Gasteiger partial charge in [0, 0.05) is 18.6 Å². The van der Waals surface area contributed by atoms with Gasteiger partial charge in [-0.05, 0) is 58.0 Å². The maximum atomic E-state index is 13.8. The molecule has 45 heavy (non-hydrogen) atoms. The van der Waals surface area contributed by atoms with Crippen molar-refractivity contribution in [3.05, 3.63) is 64.9 Å². The van der Waals surface area contributed by atoms with Crippen LogP contribution in [0.15, 0.2) is 64.5 Å². The van der Waals surface area contributed by atoms with Crippen LogP contribution < -0.4 is 10.1 Å². The number of aromatic nitrogens is 4. The molecule has 2 aromatic rings. The number of aliphatic carboxylic acids is 1. The van der Waals surface area contributed by atoms with Gasteiger partial charge in [-0.3, -0.25) is 19.3 Å². The lowest BCUT2D eigenvalue weighted by molar-refractivity contribution is -0.155. The first kappa shape index (κ1) is 32.3. The Kier molecular flexibility index (Phi) is 10.3. The van der Waals surface area contributed by atoms with Gasteiger partial charge in [-0.2, -0.15) is 0 Å². The Balaban J connectivity index is 1.31. The van der Waals surface area contributed by atoms with Crippen molar-refractivity contribution in [2.75, 3.05) is 18.6 Å². The summed E-state index contributed by atoms with van der Waals surface area (Å²) < 4.78 is 12.3. The van der Waals surface area contributed by atoms with E-state index in [0.717, 1.165) is 18.4 Å². The lowest BCUT2D eigenvalue weighted by Crippen LogP contribution is -2.71. The SMILES string of the molecule is CCCC1C=CCC(C(C(=O)NC2C(=O)N3C(C(=O)O)=C(CSc4nnnn4C)CSC23)C(=O)OCc2ccc(OC)cc2)=C1. The number of carbonyl (C=O) groups is 4. The van der Waals surface area contributed by atoms with E-state index in [0.29, 0.717) is 34.2 Å². The van der Waals surface area contributed by atoms with Crippen molar-refractivity contribution in [2.45, 2.75) is 49.4 Å². The molecule has 4 atom stereocenters. The van der Waals surface area contributed by atoms with E-state index in [1.165, 1.54) is 33.1 Å². The number of hydrogen-bond acceptors (Lipinski definition) is 11. The number of amides is 2. The molecule has 2 N–H and O–H groups in total. The average Bonchev–Trinajstić information content (AvgIpc) is 3.46. The Morgan fingerprint density at radius 1 is 1.24 bits per heavy atom. The predicted octanol–water partition coefficient (Wildman–Crippen LogP) is 2.71. The Labute approximate surface area is 268 Å². The highest BCUT2D eigenvalue weighted by molar-refractivity contribution is 8.01. The minimum atomic E-state index is -1.26. The van der Waals surface area contributed by atoms with E-state index in [-0.39, 0.29) is 24.0 Å². The average molecular weight is 655 g/mol. The molecule has 3 heterocycles. The predicted molar refractivity (Wildman–Crippen MR) is 166 cm³/mol. The van der Waals surface area contributed by atoms with Gasteiger partial charge in [0.15, 0.2) is 5.92 Å². The molecule has 0 saturated carbocycles. The molecular weight excluding hydrogens is 620 g/mol. The number of allylic oxidation sites excluding steroid dienone is 3. The van der Waals surface area contributed by atoms with Crippen molar-refractivity contribution >= 4 is 47.3 Å². The lowest BCUT2D eigenvalue weighted by atomic mass is 9.86. The van der Waals surface area contributed by atoms with Crippen molar-refractivity contribution in [3.8, 4) is 5.75 Å². The summed E-state index contributed by atoms with van der Waals surface area (Å²) in [5.41, 5.74) is 1.79. The number of carbonyl (C=O) groups excluding carboxylic acids is 3. The standard InChI is InChI=1S/C30H34N6O7S2/c1-4-6-17-7-5-8-19(13-17)22(29(41)43-14-18-9-11-21(42-3)12-10-18)25(37)31-23-26(38)36-24(28(39)40)20(15-44-27(23)36)16-45-30-32-33-34-35(30)2/h5,7,9-13,17,22-23,27H,4,6,8,14-16H2,1-3H3,(H,31,37)(H,39,40). The molecule has 15 heteroatoms. The molecule has 3 aliphatic rings. The molecule has 0 radical (unpaired) electrons. The number of aryl methyl sites for hydroxylation is 1. The van der Waals surface area contributed by atoms with Crippen LogP contribution in [0.1, 0.15) is 31.7 Å². The number of hydrogen-bond donors (Lipinski definition) is 2. The van der Waals surface area contributed by atoms with Gasteiger partial charge < -0.3 is 19.9 Å². The zero-order valence-corrected chi connectivity index (χ0v) is 26.7. The lowest BCUT2D eigenvalue weighted by Gasteiger charge is -2.49. The first-order chi connectivity index (χ1) is 21.7. The zero-order chi connectivity index (χ0) is 32.1. The number of β-lactam (4-membered cyclic amide) rings is 1. The Hall–Kier alpha value is -4.11. The maximum Gasteiger partial charge on any atom is 0.352 e. The van der Waals surface area contributed by atoms with Crippen LogP contribution in [0.5, 0.6) is 5.75 Å². The van der Waals surface area contributed by atoms with E-state index in [9.17, 15) is 24.3 Å². The number of methoxy groups -OCH3 is 1. The number of carboxylic acids is 1. The fourth-order valence-corrected chi connectivity index (χ4v) is 7.75. The van der Waals surface area contributed by atoms with Gasteiger partial charge in [0.2, 0.25) is 11.1 Å². The van der Waals surface area contributed by atoms with Crippen molar-refractivity contribution < 1.29 is 33.8 Å². The van der Waals surface area contributed by atoms with E-state index < -0.39 is 41.1 Å². The van der Waals surface area contributed by atoms with E-state index >= 15 is 0 Å². The second-order valence-corrected chi connectivity index (χ2v) is 12.8. The topological polar surface area (TPSA) is 166 Å². The van der Waals surface area contributed by atoms with Crippen LogP contribution in [0.2, 0.25) is 0 Å². The number of benzene rings is 1. The third-order valence-corrected chi connectivity index (χ3v) is 10.1. The van der Waals surface area contributed by atoms with Crippen LogP contribution in [-0.4, -0.2) is 84.0 Å². The summed E-state index contributed by atoms with van der Waals surface area (Å²) in [4.78, 5) is 54.1. The van der Waals surface area contributed by atoms with Gasteiger partial charge in [0.1, 0.15) is 29.5 Å². The summed E-state index contributed by atoms with van der Waals surface area (Å²) >= 11 is 2.62. The van der Waals surface area contributed by atoms with Crippen LogP contribution >= 0.6 is 23.5 Å². The minimum absolute atomic E-state index is 0.0410. The van der Waals surface area contributed by atoms with Gasteiger partial charge in [0.25, 0.3) is 5.91 Å². The molecule has 1 saturated heterocycles. The summed E-state index contributed by atoms with van der Waals surface area (Å²) in [5, 5.41) is 23.9. The normalized spacial score (nSPS) is 21.4. The van der Waals surface area contributed by atoms with Gasteiger partial charge in [-0.1, -0.05) is 55.5 Å². The van der Waals surface area contributed by atoms with E-state index in [4.69, 9.17) is 9.47 Å². The van der Waals surface area contributed by atoms with Crippen LogP contribution in [-0.2, 0) is 37.6 Å². The first-order valence-electron chi connectivity index (χ1n) is 14.4. The van der Waals surface area contributed by atoms with Crippen molar-refractivity contribution in [2.24, 2.45) is 18.9 Å². The summed E-state index contributed by atoms with van der Waals surface area (Å²) in [6.07, 6.45) is 8.13. The monoisotopic (exact) mass is 654 g/mol. The minimum Gasteiger partial charge on any atom is -0.497 e. The summed E-state index contributed by atoms with van der Waals surface area (Å²) in [7, 11) is 3.24. The summed E-state index contributed by atoms with van der Waals surface area (Å²) in [5.74, 6) is -3.05. The molecule has 1 aromatic heterocycles. The second-order valence-electron chi connectivity index (χ2n) is 10.7. The molecule has 1 aliphatic carbocycles. The zero-order valence-electron chi connectivity index (χ0n) is 25.0. The quantitative estimate of drug-likeness (QED) is 0.107. The third-order valence-electron chi connectivity index (χ3n) is 7.70. The highest BCUT2D eigenvalue weighted by atomic mass is 32.2. The second kappa shape index (κ2) is 14.3.